The van der Waals surface area contributed by atoms with Gasteiger partial charge in [-0.05, 0) is 24.3 Å². The molecule has 1 aliphatic rings. The number of nitrogen functional groups attached to an aromatic ring is 1. The van der Waals surface area contributed by atoms with E-state index in [1.54, 1.807) is 5.38 Å². The summed E-state index contributed by atoms with van der Waals surface area (Å²) >= 11 is 1.16. The van der Waals surface area contributed by atoms with Crippen LogP contribution in [0.25, 0.3) is 0 Å². The lowest BCUT2D eigenvalue weighted by Crippen LogP contribution is -2.41. The predicted molar refractivity (Wildman–Crippen MR) is 70.5 cm³/mol. The van der Waals surface area contributed by atoms with Crippen LogP contribution in [0.2, 0.25) is 0 Å². The van der Waals surface area contributed by atoms with Gasteiger partial charge in [0.1, 0.15) is 4.21 Å². The highest BCUT2D eigenvalue weighted by Crippen LogP contribution is 2.38. The van der Waals surface area contributed by atoms with Gasteiger partial charge >= 0.3 is 0 Å². The summed E-state index contributed by atoms with van der Waals surface area (Å²) in [4.78, 5) is 0. The van der Waals surface area contributed by atoms with E-state index >= 15 is 0 Å². The molecule has 1 unspecified atom stereocenters. The molecule has 1 aliphatic carbocycles. The van der Waals surface area contributed by atoms with Crippen LogP contribution in [0.15, 0.2) is 15.7 Å². The van der Waals surface area contributed by atoms with Crippen LogP contribution in [0.5, 0.6) is 0 Å². The summed E-state index contributed by atoms with van der Waals surface area (Å²) in [5, 5.41) is 1.65. The van der Waals surface area contributed by atoms with E-state index < -0.39 is 10.0 Å². The van der Waals surface area contributed by atoms with Crippen molar-refractivity contribution in [2.24, 2.45) is 5.41 Å². The van der Waals surface area contributed by atoms with E-state index in [4.69, 9.17) is 5.73 Å². The quantitative estimate of drug-likeness (QED) is 0.887. The summed E-state index contributed by atoms with van der Waals surface area (Å²) in [5.41, 5.74) is 6.09. The molecule has 0 aromatic carbocycles. The zero-order valence-corrected chi connectivity index (χ0v) is 11.7. The van der Waals surface area contributed by atoms with Crippen LogP contribution in [0.3, 0.4) is 0 Å². The van der Waals surface area contributed by atoms with Gasteiger partial charge in [-0.2, -0.15) is 0 Å². The highest BCUT2D eigenvalue weighted by atomic mass is 32.2. The van der Waals surface area contributed by atoms with E-state index in [0.717, 1.165) is 30.6 Å². The SMILES string of the molecule is CC1(C)CCCC1NS(=O)(=O)c1cc(N)cs1. The maximum absolute atomic E-state index is 12.1. The molecule has 1 aromatic heterocycles. The standard InChI is InChI=1S/C11H18N2O2S2/c1-11(2)5-3-4-9(11)13-17(14,15)10-6-8(12)7-16-10/h6-7,9,13H,3-5,12H2,1-2H3. The number of sulfonamides is 1. The average Bonchev–Trinajstić information content (AvgIpc) is 2.74. The maximum atomic E-state index is 12.1. The Morgan fingerprint density at radius 3 is 2.71 bits per heavy atom. The largest absolute Gasteiger partial charge is 0.398 e. The molecule has 0 radical (unpaired) electrons. The van der Waals surface area contributed by atoms with Crippen LogP contribution in [0.1, 0.15) is 33.1 Å². The van der Waals surface area contributed by atoms with Gasteiger partial charge in [-0.3, -0.25) is 0 Å². The molecule has 96 valence electrons. The molecule has 0 bridgehead atoms. The highest BCUT2D eigenvalue weighted by molar-refractivity contribution is 7.91. The van der Waals surface area contributed by atoms with E-state index in [-0.39, 0.29) is 11.5 Å². The molecule has 3 N–H and O–H groups in total. The molecule has 0 spiro atoms. The zero-order chi connectivity index (χ0) is 12.7. The Kier molecular flexibility index (Phi) is 3.22. The van der Waals surface area contributed by atoms with Crippen molar-refractivity contribution < 1.29 is 8.42 Å². The first-order valence-corrected chi connectivity index (χ1v) is 8.04. The molecule has 0 aliphatic heterocycles. The Morgan fingerprint density at radius 1 is 1.53 bits per heavy atom. The molecule has 6 heteroatoms. The van der Waals surface area contributed by atoms with Crippen LogP contribution >= 0.6 is 11.3 Å². The van der Waals surface area contributed by atoms with Gasteiger partial charge in [0.25, 0.3) is 0 Å². The van der Waals surface area contributed by atoms with E-state index in [1.807, 2.05) is 0 Å². The summed E-state index contributed by atoms with van der Waals surface area (Å²) in [7, 11) is -3.41. The summed E-state index contributed by atoms with van der Waals surface area (Å²) in [5.74, 6) is 0. The molecule has 1 atom stereocenters. The molecule has 0 amide bonds. The lowest BCUT2D eigenvalue weighted by Gasteiger charge is -2.27. The van der Waals surface area contributed by atoms with Gasteiger partial charge < -0.3 is 5.73 Å². The van der Waals surface area contributed by atoms with E-state index in [1.165, 1.54) is 6.07 Å². The predicted octanol–water partition coefficient (Wildman–Crippen LogP) is 2.19. The first-order chi connectivity index (χ1) is 7.81. The molecule has 17 heavy (non-hydrogen) atoms. The summed E-state index contributed by atoms with van der Waals surface area (Å²) in [6.45, 7) is 4.21. The molecular weight excluding hydrogens is 256 g/mol. The second kappa shape index (κ2) is 4.26. The van der Waals surface area contributed by atoms with Gasteiger partial charge in [0.2, 0.25) is 10.0 Å². The van der Waals surface area contributed by atoms with Gasteiger partial charge in [0, 0.05) is 17.1 Å². The van der Waals surface area contributed by atoms with Crippen molar-refractivity contribution in [3.05, 3.63) is 11.4 Å². The number of nitrogens with one attached hydrogen (secondary N) is 1. The number of hydrogen-bond donors (Lipinski definition) is 2. The number of thiophene rings is 1. The molecule has 2 rings (SSSR count). The minimum atomic E-state index is -3.41. The van der Waals surface area contributed by atoms with Gasteiger partial charge in [-0.1, -0.05) is 20.3 Å². The molecule has 1 aromatic rings. The van der Waals surface area contributed by atoms with Gasteiger partial charge in [0.05, 0.1) is 0 Å². The second-order valence-electron chi connectivity index (χ2n) is 5.25. The Hall–Kier alpha value is -0.590. The first kappa shape index (κ1) is 12.9. The first-order valence-electron chi connectivity index (χ1n) is 5.68. The number of nitrogens with two attached hydrogens (primary N) is 1. The molecule has 0 saturated heterocycles. The third-order valence-electron chi connectivity index (χ3n) is 3.42. The summed E-state index contributed by atoms with van der Waals surface area (Å²) < 4.78 is 27.4. The monoisotopic (exact) mass is 274 g/mol. The van der Waals surface area contributed by atoms with Crippen LogP contribution in [0.4, 0.5) is 5.69 Å². The number of anilines is 1. The summed E-state index contributed by atoms with van der Waals surface area (Å²) in [6, 6.07) is 1.53. The second-order valence-corrected chi connectivity index (χ2v) is 8.11. The summed E-state index contributed by atoms with van der Waals surface area (Å²) in [6.07, 6.45) is 3.05. The Bertz CT molecular complexity index is 505. The smallest absolute Gasteiger partial charge is 0.250 e. The van der Waals surface area contributed by atoms with Gasteiger partial charge in [-0.25, -0.2) is 13.1 Å². The normalized spacial score (nSPS) is 24.0. The third kappa shape index (κ3) is 2.64. The fourth-order valence-electron chi connectivity index (χ4n) is 2.26. The topological polar surface area (TPSA) is 72.2 Å². The van der Waals surface area contributed by atoms with E-state index in [0.29, 0.717) is 9.90 Å². The molecule has 1 heterocycles. The van der Waals surface area contributed by atoms with Crippen LogP contribution < -0.4 is 10.5 Å². The highest BCUT2D eigenvalue weighted by Gasteiger charge is 2.37. The van der Waals surface area contributed by atoms with Crippen molar-refractivity contribution in [3.8, 4) is 0 Å². The van der Waals surface area contributed by atoms with Crippen molar-refractivity contribution in [1.82, 2.24) is 4.72 Å². The van der Waals surface area contributed by atoms with Crippen molar-refractivity contribution in [2.75, 3.05) is 5.73 Å². The van der Waals surface area contributed by atoms with Crippen LogP contribution in [-0.2, 0) is 10.0 Å². The fraction of sp³-hybridized carbons (Fsp3) is 0.636. The molecule has 1 saturated carbocycles. The Morgan fingerprint density at radius 2 is 2.24 bits per heavy atom. The lowest BCUT2D eigenvalue weighted by molar-refractivity contribution is 0.313. The number of hydrogen-bond acceptors (Lipinski definition) is 4. The lowest BCUT2D eigenvalue weighted by atomic mass is 9.88. The molecular formula is C11H18N2O2S2. The van der Waals surface area contributed by atoms with Crippen molar-refractivity contribution in [1.29, 1.82) is 0 Å². The van der Waals surface area contributed by atoms with Crippen molar-refractivity contribution >= 4 is 27.0 Å². The molecule has 4 nitrogen and oxygen atoms in total. The Balaban J connectivity index is 2.18. The minimum absolute atomic E-state index is 0.0239. The third-order valence-corrected chi connectivity index (χ3v) is 6.34. The maximum Gasteiger partial charge on any atom is 0.250 e. The van der Waals surface area contributed by atoms with Crippen molar-refractivity contribution in [2.45, 2.75) is 43.4 Å². The minimum Gasteiger partial charge on any atom is -0.398 e. The zero-order valence-electron chi connectivity index (χ0n) is 10.1. The van der Waals surface area contributed by atoms with Crippen LogP contribution in [0, 0.1) is 5.41 Å². The van der Waals surface area contributed by atoms with Crippen molar-refractivity contribution in [3.63, 3.8) is 0 Å². The van der Waals surface area contributed by atoms with E-state index in [9.17, 15) is 8.42 Å². The van der Waals surface area contributed by atoms with E-state index in [2.05, 4.69) is 18.6 Å². The fourth-order valence-corrected chi connectivity index (χ4v) is 4.80. The van der Waals surface area contributed by atoms with Crippen LogP contribution in [-0.4, -0.2) is 14.5 Å². The van der Waals surface area contributed by atoms with Gasteiger partial charge in [-0.15, -0.1) is 11.3 Å². The van der Waals surface area contributed by atoms with Gasteiger partial charge in [0.15, 0.2) is 0 Å². The molecule has 1 fully saturated rings. The Labute approximate surface area is 106 Å². The number of rotatable bonds is 3. The average molecular weight is 274 g/mol.